The molecule has 0 aromatic carbocycles. The summed E-state index contributed by atoms with van der Waals surface area (Å²) in [7, 11) is 0. The highest BCUT2D eigenvalue weighted by atomic mass is 16.5. The predicted octanol–water partition coefficient (Wildman–Crippen LogP) is 5.86. The lowest BCUT2D eigenvalue weighted by atomic mass is 9.39. The number of hydrogen-bond donors (Lipinski definition) is 0. The molecule has 0 spiro atoms. The van der Waals surface area contributed by atoms with E-state index in [-0.39, 0.29) is 11.9 Å². The van der Waals surface area contributed by atoms with Crippen molar-refractivity contribution in [2.75, 3.05) is 13.2 Å². The van der Waals surface area contributed by atoms with Crippen LogP contribution in [0.15, 0.2) is 24.3 Å². The molecule has 0 heterocycles. The van der Waals surface area contributed by atoms with E-state index in [2.05, 4.69) is 27.0 Å². The smallest absolute Gasteiger partial charge is 0.333 e. The van der Waals surface area contributed by atoms with Crippen LogP contribution in [0.2, 0.25) is 0 Å². The lowest BCUT2D eigenvalue weighted by molar-refractivity contribution is -0.162. The Morgan fingerprint density at radius 3 is 1.53 bits per heavy atom. The van der Waals surface area contributed by atoms with Gasteiger partial charge in [-0.1, -0.05) is 27.0 Å². The second-order valence-electron chi connectivity index (χ2n) is 10.9. The summed E-state index contributed by atoms with van der Waals surface area (Å²) < 4.78 is 10.8. The van der Waals surface area contributed by atoms with Crippen molar-refractivity contribution in [2.45, 2.75) is 79.1 Å². The van der Waals surface area contributed by atoms with Crippen molar-refractivity contribution < 1.29 is 19.1 Å². The molecular weight excluding hydrogens is 376 g/mol. The Balaban J connectivity index is 1.62. The highest BCUT2D eigenvalue weighted by Gasteiger charge is 2.60. The SMILES string of the molecule is C=C(C)C(=O)OCCC(C)C12CC3CC(C1)CC(C(C)CCOC(=O)C(=C)C)(C3)C2. The van der Waals surface area contributed by atoms with Gasteiger partial charge in [0.05, 0.1) is 13.2 Å². The maximum Gasteiger partial charge on any atom is 0.333 e. The van der Waals surface area contributed by atoms with Gasteiger partial charge in [0.2, 0.25) is 0 Å². The predicted molar refractivity (Wildman–Crippen MR) is 119 cm³/mol. The molecule has 2 atom stereocenters. The molecule has 0 N–H and O–H groups in total. The first-order chi connectivity index (χ1) is 14.1. The summed E-state index contributed by atoms with van der Waals surface area (Å²) in [5.74, 6) is 2.20. The van der Waals surface area contributed by atoms with Gasteiger partial charge in [-0.25, -0.2) is 9.59 Å². The molecule has 0 aromatic rings. The van der Waals surface area contributed by atoms with Crippen LogP contribution in [0.25, 0.3) is 0 Å². The van der Waals surface area contributed by atoms with Crippen LogP contribution in [0, 0.1) is 34.5 Å². The van der Waals surface area contributed by atoms with Gasteiger partial charge < -0.3 is 9.47 Å². The van der Waals surface area contributed by atoms with Crippen LogP contribution in [0.1, 0.15) is 79.1 Å². The molecule has 4 nitrogen and oxygen atoms in total. The monoisotopic (exact) mass is 416 g/mol. The molecule has 4 heteroatoms. The molecule has 4 aliphatic rings. The molecule has 30 heavy (non-hydrogen) atoms. The van der Waals surface area contributed by atoms with Crippen molar-refractivity contribution in [3.8, 4) is 0 Å². The molecule has 0 radical (unpaired) electrons. The summed E-state index contributed by atoms with van der Waals surface area (Å²) in [4.78, 5) is 23.5. The Bertz CT molecular complexity index is 636. The summed E-state index contributed by atoms with van der Waals surface area (Å²) in [5.41, 5.74) is 1.69. The van der Waals surface area contributed by atoms with Crippen molar-refractivity contribution in [3.63, 3.8) is 0 Å². The van der Waals surface area contributed by atoms with Gasteiger partial charge in [-0.05, 0) is 99.7 Å². The molecule has 4 fully saturated rings. The molecule has 0 saturated heterocycles. The topological polar surface area (TPSA) is 52.6 Å². The second kappa shape index (κ2) is 8.88. The van der Waals surface area contributed by atoms with E-state index in [1.54, 1.807) is 13.8 Å². The number of carbonyl (C=O) groups is 2. The van der Waals surface area contributed by atoms with E-state index >= 15 is 0 Å². The number of rotatable bonds is 10. The zero-order valence-corrected chi connectivity index (χ0v) is 19.4. The minimum Gasteiger partial charge on any atom is -0.462 e. The standard InChI is InChI=1S/C26H40O4/c1-17(2)23(27)29-9-7-19(5)25-12-21-11-22(13-25)15-26(14-21,16-25)20(6)8-10-30-24(28)18(3)4/h19-22H,1,3,7-16H2,2,4-6H3. The van der Waals surface area contributed by atoms with Crippen LogP contribution in [0.4, 0.5) is 0 Å². The fourth-order valence-corrected chi connectivity index (χ4v) is 7.07. The fourth-order valence-electron chi connectivity index (χ4n) is 7.07. The summed E-state index contributed by atoms with van der Waals surface area (Å²) in [6.45, 7) is 16.5. The molecule has 4 saturated carbocycles. The van der Waals surface area contributed by atoms with E-state index in [4.69, 9.17) is 9.47 Å². The van der Waals surface area contributed by atoms with Crippen LogP contribution in [-0.2, 0) is 19.1 Å². The van der Waals surface area contributed by atoms with Crippen molar-refractivity contribution >= 4 is 11.9 Å². The Morgan fingerprint density at radius 2 is 1.20 bits per heavy atom. The van der Waals surface area contributed by atoms with E-state index in [1.807, 2.05) is 0 Å². The van der Waals surface area contributed by atoms with Gasteiger partial charge in [0, 0.05) is 11.1 Å². The van der Waals surface area contributed by atoms with Crippen molar-refractivity contribution in [2.24, 2.45) is 34.5 Å². The van der Waals surface area contributed by atoms with E-state index in [0.29, 0.717) is 47.0 Å². The van der Waals surface area contributed by atoms with Gasteiger partial charge in [0.1, 0.15) is 0 Å². The van der Waals surface area contributed by atoms with Crippen molar-refractivity contribution in [1.29, 1.82) is 0 Å². The normalized spacial score (nSPS) is 33.6. The lowest BCUT2D eigenvalue weighted by Gasteiger charge is -2.66. The van der Waals surface area contributed by atoms with Crippen LogP contribution in [-0.4, -0.2) is 25.2 Å². The Labute approximate surface area is 182 Å². The molecule has 4 bridgehead atoms. The zero-order chi connectivity index (χ0) is 22.1. The van der Waals surface area contributed by atoms with Gasteiger partial charge in [-0.2, -0.15) is 0 Å². The summed E-state index contributed by atoms with van der Waals surface area (Å²) >= 11 is 0. The van der Waals surface area contributed by atoms with E-state index < -0.39 is 0 Å². The molecule has 0 aromatic heterocycles. The van der Waals surface area contributed by atoms with Crippen LogP contribution >= 0.6 is 0 Å². The van der Waals surface area contributed by atoms with Crippen LogP contribution in [0.5, 0.6) is 0 Å². The average molecular weight is 417 g/mol. The average Bonchev–Trinajstić information content (AvgIpc) is 2.66. The van der Waals surface area contributed by atoms with Crippen molar-refractivity contribution in [3.05, 3.63) is 24.3 Å². The fraction of sp³-hybridized carbons (Fsp3) is 0.769. The Kier molecular flexibility index (Phi) is 6.84. The minimum absolute atomic E-state index is 0.276. The van der Waals surface area contributed by atoms with Crippen LogP contribution < -0.4 is 0 Å². The second-order valence-corrected chi connectivity index (χ2v) is 10.9. The minimum atomic E-state index is -0.276. The van der Waals surface area contributed by atoms with Gasteiger partial charge in [-0.3, -0.25) is 0 Å². The third-order valence-corrected chi connectivity index (χ3v) is 8.51. The number of carbonyl (C=O) groups excluding carboxylic acids is 2. The maximum atomic E-state index is 11.7. The number of ether oxygens (including phenoxy) is 2. The molecule has 4 aliphatic carbocycles. The van der Waals surface area contributed by atoms with Gasteiger partial charge >= 0.3 is 11.9 Å². The largest absolute Gasteiger partial charge is 0.462 e. The lowest BCUT2D eigenvalue weighted by Crippen LogP contribution is -2.56. The summed E-state index contributed by atoms with van der Waals surface area (Å²) in [6.07, 6.45) is 9.85. The van der Waals surface area contributed by atoms with E-state index in [1.165, 1.54) is 38.5 Å². The van der Waals surface area contributed by atoms with Gasteiger partial charge in [-0.15, -0.1) is 0 Å². The van der Waals surface area contributed by atoms with Crippen molar-refractivity contribution in [1.82, 2.24) is 0 Å². The summed E-state index contributed by atoms with van der Waals surface area (Å²) in [6, 6.07) is 0. The third kappa shape index (κ3) is 4.68. The molecule has 168 valence electrons. The highest BCUT2D eigenvalue weighted by molar-refractivity contribution is 5.87. The maximum absolute atomic E-state index is 11.7. The van der Waals surface area contributed by atoms with Gasteiger partial charge in [0.15, 0.2) is 0 Å². The number of hydrogen-bond acceptors (Lipinski definition) is 4. The third-order valence-electron chi connectivity index (χ3n) is 8.51. The number of esters is 2. The first kappa shape index (κ1) is 23.1. The quantitative estimate of drug-likeness (QED) is 0.330. The molecule has 4 rings (SSSR count). The highest BCUT2D eigenvalue weighted by Crippen LogP contribution is 2.70. The Morgan fingerprint density at radius 1 is 0.833 bits per heavy atom. The first-order valence-electron chi connectivity index (χ1n) is 11.7. The van der Waals surface area contributed by atoms with E-state index in [9.17, 15) is 9.59 Å². The van der Waals surface area contributed by atoms with E-state index in [0.717, 1.165) is 24.7 Å². The Hall–Kier alpha value is -1.58. The molecule has 0 aliphatic heterocycles. The summed E-state index contributed by atoms with van der Waals surface area (Å²) in [5, 5.41) is 0. The molecule has 2 unspecified atom stereocenters. The van der Waals surface area contributed by atoms with Crippen LogP contribution in [0.3, 0.4) is 0 Å². The van der Waals surface area contributed by atoms with Gasteiger partial charge in [0.25, 0.3) is 0 Å². The molecular formula is C26H40O4. The first-order valence-corrected chi connectivity index (χ1v) is 11.7. The zero-order valence-electron chi connectivity index (χ0n) is 19.4. The molecule has 0 amide bonds.